The van der Waals surface area contributed by atoms with E-state index in [2.05, 4.69) is 15.9 Å². The number of nitro groups is 1. The molecule has 0 spiro atoms. The van der Waals surface area contributed by atoms with E-state index in [-0.39, 0.29) is 11.8 Å². The first kappa shape index (κ1) is 15.4. The molecule has 2 aromatic rings. The van der Waals surface area contributed by atoms with Gasteiger partial charge >= 0.3 is 5.69 Å². The Kier molecular flexibility index (Phi) is 4.54. The minimum atomic E-state index is -0.799. The molecule has 0 bridgehead atoms. The normalized spacial score (nSPS) is 12.0. The molecule has 0 radical (unpaired) electrons. The van der Waals surface area contributed by atoms with E-state index >= 15 is 0 Å². The van der Waals surface area contributed by atoms with Crippen molar-refractivity contribution >= 4 is 21.6 Å². The van der Waals surface area contributed by atoms with E-state index in [0.717, 1.165) is 11.6 Å². The smallest absolute Gasteiger partial charge is 0.314 e. The van der Waals surface area contributed by atoms with Crippen LogP contribution in [0.5, 0.6) is 11.5 Å². The summed E-state index contributed by atoms with van der Waals surface area (Å²) in [7, 11) is 0. The van der Waals surface area contributed by atoms with E-state index in [4.69, 9.17) is 10.5 Å². The molecule has 0 aliphatic rings. The molecule has 1 atom stereocenters. The monoisotopic (exact) mass is 354 g/mol. The van der Waals surface area contributed by atoms with Crippen molar-refractivity contribution < 1.29 is 14.1 Å². The maximum atomic E-state index is 13.8. The third kappa shape index (κ3) is 3.37. The van der Waals surface area contributed by atoms with E-state index in [1.807, 2.05) is 6.92 Å². The highest BCUT2D eigenvalue weighted by Crippen LogP contribution is 2.37. The van der Waals surface area contributed by atoms with Crippen LogP contribution in [0.15, 0.2) is 40.9 Å². The van der Waals surface area contributed by atoms with E-state index in [9.17, 15) is 14.5 Å². The fraction of sp³-hybridized carbons (Fsp3) is 0.143. The van der Waals surface area contributed by atoms with Crippen LogP contribution in [0.25, 0.3) is 0 Å². The summed E-state index contributed by atoms with van der Waals surface area (Å²) in [5, 5.41) is 10.9. The predicted molar refractivity (Wildman–Crippen MR) is 79.9 cm³/mol. The average molecular weight is 355 g/mol. The zero-order chi connectivity index (χ0) is 15.6. The molecule has 0 aliphatic heterocycles. The number of nitro benzene ring substituents is 1. The molecule has 0 aliphatic carbocycles. The summed E-state index contributed by atoms with van der Waals surface area (Å²) in [5.41, 5.74) is 6.19. The van der Waals surface area contributed by atoms with E-state index in [1.54, 1.807) is 18.2 Å². The van der Waals surface area contributed by atoms with Crippen LogP contribution in [0.4, 0.5) is 10.1 Å². The Morgan fingerprint density at radius 3 is 2.67 bits per heavy atom. The number of hydrogen-bond acceptors (Lipinski definition) is 4. The van der Waals surface area contributed by atoms with Crippen molar-refractivity contribution in [1.82, 2.24) is 0 Å². The van der Waals surface area contributed by atoms with Crippen LogP contribution < -0.4 is 10.5 Å². The van der Waals surface area contributed by atoms with Crippen LogP contribution in [0.1, 0.15) is 18.5 Å². The lowest BCUT2D eigenvalue weighted by Gasteiger charge is -2.11. The second kappa shape index (κ2) is 6.19. The Labute approximate surface area is 128 Å². The maximum absolute atomic E-state index is 13.8. The van der Waals surface area contributed by atoms with Crippen molar-refractivity contribution in [2.45, 2.75) is 13.0 Å². The largest absolute Gasteiger partial charge is 0.446 e. The quantitative estimate of drug-likeness (QED) is 0.655. The van der Waals surface area contributed by atoms with Crippen LogP contribution in [0.2, 0.25) is 0 Å². The van der Waals surface area contributed by atoms with Gasteiger partial charge < -0.3 is 10.5 Å². The lowest BCUT2D eigenvalue weighted by atomic mass is 10.1. The highest BCUT2D eigenvalue weighted by molar-refractivity contribution is 9.10. The van der Waals surface area contributed by atoms with Crippen LogP contribution in [0.3, 0.4) is 0 Å². The second-order valence-corrected chi connectivity index (χ2v) is 5.28. The summed E-state index contributed by atoms with van der Waals surface area (Å²) in [5.74, 6) is -0.947. The van der Waals surface area contributed by atoms with Gasteiger partial charge in [0, 0.05) is 12.1 Å². The number of para-hydroxylation sites is 1. The number of nitrogens with two attached hydrogens (primary N) is 1. The fourth-order valence-corrected chi connectivity index (χ4v) is 2.21. The molecule has 2 aromatic carbocycles. The zero-order valence-electron chi connectivity index (χ0n) is 11.0. The lowest BCUT2D eigenvalue weighted by molar-refractivity contribution is -0.385. The summed E-state index contributed by atoms with van der Waals surface area (Å²) >= 11 is 3.29. The van der Waals surface area contributed by atoms with Gasteiger partial charge in [-0.05, 0) is 46.6 Å². The highest BCUT2D eigenvalue weighted by atomic mass is 79.9. The summed E-state index contributed by atoms with van der Waals surface area (Å²) in [6.45, 7) is 1.82. The first-order valence-electron chi connectivity index (χ1n) is 6.06. The molecule has 5 nitrogen and oxygen atoms in total. The number of rotatable bonds is 4. The molecule has 0 aromatic heterocycles. The number of benzene rings is 2. The third-order valence-electron chi connectivity index (χ3n) is 2.84. The van der Waals surface area contributed by atoms with Crippen LogP contribution >= 0.6 is 15.9 Å². The molecule has 21 heavy (non-hydrogen) atoms. The SMILES string of the molecule is CC(N)c1ccc(Oc2c(F)cccc2[N+](=O)[O-])c(Br)c1. The Morgan fingerprint density at radius 1 is 1.38 bits per heavy atom. The number of ether oxygens (including phenoxy) is 1. The maximum Gasteiger partial charge on any atom is 0.314 e. The predicted octanol–water partition coefficient (Wildman–Crippen LogP) is 4.31. The van der Waals surface area contributed by atoms with Crippen LogP contribution in [0, 0.1) is 15.9 Å². The van der Waals surface area contributed by atoms with E-state index in [0.29, 0.717) is 4.47 Å². The fourth-order valence-electron chi connectivity index (χ4n) is 1.74. The van der Waals surface area contributed by atoms with Crippen molar-refractivity contribution in [3.63, 3.8) is 0 Å². The highest BCUT2D eigenvalue weighted by Gasteiger charge is 2.21. The van der Waals surface area contributed by atoms with Crippen molar-refractivity contribution in [1.29, 1.82) is 0 Å². The summed E-state index contributed by atoms with van der Waals surface area (Å²) in [4.78, 5) is 10.2. The van der Waals surface area contributed by atoms with Gasteiger partial charge in [0.05, 0.1) is 9.40 Å². The van der Waals surface area contributed by atoms with Crippen molar-refractivity contribution in [3.8, 4) is 11.5 Å². The topological polar surface area (TPSA) is 78.4 Å². The lowest BCUT2D eigenvalue weighted by Crippen LogP contribution is -2.04. The Bertz CT molecular complexity index is 692. The Morgan fingerprint density at radius 2 is 2.10 bits per heavy atom. The number of nitrogens with zero attached hydrogens (tertiary/aromatic N) is 1. The molecule has 0 heterocycles. The van der Waals surface area contributed by atoms with Crippen LogP contribution in [-0.2, 0) is 0 Å². The van der Waals surface area contributed by atoms with Gasteiger partial charge in [-0.15, -0.1) is 0 Å². The Hall–Kier alpha value is -1.99. The standard InChI is InChI=1S/C14H12BrFN2O3/c1-8(17)9-5-6-13(10(15)7-9)21-14-11(16)3-2-4-12(14)18(19)20/h2-8H,17H2,1H3. The molecular formula is C14H12BrFN2O3. The first-order valence-corrected chi connectivity index (χ1v) is 6.85. The molecule has 0 amide bonds. The number of hydrogen-bond donors (Lipinski definition) is 1. The molecule has 2 N–H and O–H groups in total. The van der Waals surface area contributed by atoms with Gasteiger partial charge in [0.15, 0.2) is 5.82 Å². The van der Waals surface area contributed by atoms with Gasteiger partial charge in [0.2, 0.25) is 5.75 Å². The average Bonchev–Trinajstić information content (AvgIpc) is 2.42. The third-order valence-corrected chi connectivity index (χ3v) is 3.46. The molecular weight excluding hydrogens is 343 g/mol. The molecule has 0 saturated carbocycles. The summed E-state index contributed by atoms with van der Waals surface area (Å²) in [6.07, 6.45) is 0. The van der Waals surface area contributed by atoms with Gasteiger partial charge in [-0.2, -0.15) is 0 Å². The minimum Gasteiger partial charge on any atom is -0.446 e. The van der Waals surface area contributed by atoms with E-state index < -0.39 is 22.2 Å². The number of halogens is 2. The Balaban J connectivity index is 2.41. The van der Waals surface area contributed by atoms with Gasteiger partial charge in [-0.25, -0.2) is 4.39 Å². The van der Waals surface area contributed by atoms with Crippen molar-refractivity contribution in [3.05, 3.63) is 62.4 Å². The molecule has 7 heteroatoms. The van der Waals surface area contributed by atoms with Gasteiger partial charge in [-0.3, -0.25) is 10.1 Å². The van der Waals surface area contributed by atoms with Crippen LogP contribution in [-0.4, -0.2) is 4.92 Å². The first-order chi connectivity index (χ1) is 9.90. The van der Waals surface area contributed by atoms with Crippen molar-refractivity contribution in [2.75, 3.05) is 0 Å². The van der Waals surface area contributed by atoms with Gasteiger partial charge in [0.1, 0.15) is 5.75 Å². The van der Waals surface area contributed by atoms with Crippen molar-refractivity contribution in [2.24, 2.45) is 5.73 Å². The molecule has 110 valence electrons. The minimum absolute atomic E-state index is 0.168. The molecule has 0 fully saturated rings. The summed E-state index contributed by atoms with van der Waals surface area (Å²) < 4.78 is 19.7. The zero-order valence-corrected chi connectivity index (χ0v) is 12.6. The van der Waals surface area contributed by atoms with E-state index in [1.165, 1.54) is 12.1 Å². The molecule has 0 saturated heterocycles. The second-order valence-electron chi connectivity index (χ2n) is 4.43. The molecule has 2 rings (SSSR count). The summed E-state index contributed by atoms with van der Waals surface area (Å²) in [6, 6.07) is 8.41. The van der Waals surface area contributed by atoms with Gasteiger partial charge in [0.25, 0.3) is 0 Å². The molecule has 1 unspecified atom stereocenters. The van der Waals surface area contributed by atoms with Gasteiger partial charge in [-0.1, -0.05) is 12.1 Å².